The summed E-state index contributed by atoms with van der Waals surface area (Å²) in [5.41, 5.74) is 5.41. The van der Waals surface area contributed by atoms with E-state index in [2.05, 4.69) is 0 Å². The first-order valence-electron chi connectivity index (χ1n) is 8.50. The van der Waals surface area contributed by atoms with E-state index < -0.39 is 6.04 Å². The highest BCUT2D eigenvalue weighted by atomic mass is 32.1. The second kappa shape index (κ2) is 7.34. The monoisotopic (exact) mass is 349 g/mol. The number of amides is 3. The molecule has 2 N–H and O–H groups in total. The highest BCUT2D eigenvalue weighted by molar-refractivity contribution is 7.12. The van der Waals surface area contributed by atoms with Crippen molar-refractivity contribution in [3.8, 4) is 0 Å². The van der Waals surface area contributed by atoms with Gasteiger partial charge >= 0.3 is 0 Å². The van der Waals surface area contributed by atoms with Gasteiger partial charge in [0.2, 0.25) is 11.8 Å². The molecular formula is C17H23N3O3S. The van der Waals surface area contributed by atoms with Gasteiger partial charge in [-0.2, -0.15) is 0 Å². The molecule has 2 fully saturated rings. The van der Waals surface area contributed by atoms with Crippen LogP contribution >= 0.6 is 11.3 Å². The van der Waals surface area contributed by atoms with Gasteiger partial charge in [0.05, 0.1) is 10.8 Å². The van der Waals surface area contributed by atoms with Crippen LogP contribution in [0, 0.1) is 5.92 Å². The topological polar surface area (TPSA) is 83.7 Å². The van der Waals surface area contributed by atoms with E-state index in [9.17, 15) is 14.4 Å². The van der Waals surface area contributed by atoms with E-state index in [1.54, 1.807) is 15.9 Å². The third-order valence-corrected chi connectivity index (χ3v) is 5.77. The summed E-state index contributed by atoms with van der Waals surface area (Å²) in [6.45, 7) is 1.63. The Bertz CT molecular complexity index is 617. The van der Waals surface area contributed by atoms with Gasteiger partial charge in [0.1, 0.15) is 6.04 Å². The van der Waals surface area contributed by atoms with Crippen molar-refractivity contribution in [1.29, 1.82) is 0 Å². The van der Waals surface area contributed by atoms with Crippen molar-refractivity contribution in [2.75, 3.05) is 19.6 Å². The van der Waals surface area contributed by atoms with Crippen molar-refractivity contribution >= 4 is 29.1 Å². The Labute approximate surface area is 145 Å². The zero-order chi connectivity index (χ0) is 17.1. The molecule has 2 aliphatic rings. The number of hydrogen-bond acceptors (Lipinski definition) is 4. The third-order valence-electron chi connectivity index (χ3n) is 4.92. The van der Waals surface area contributed by atoms with Crippen molar-refractivity contribution < 1.29 is 14.4 Å². The largest absolute Gasteiger partial charge is 0.369 e. The van der Waals surface area contributed by atoms with Gasteiger partial charge in [-0.1, -0.05) is 6.07 Å². The number of carbonyl (C=O) groups is 3. The van der Waals surface area contributed by atoms with Crippen LogP contribution in [0.3, 0.4) is 0 Å². The van der Waals surface area contributed by atoms with Crippen LogP contribution in [0.25, 0.3) is 0 Å². The lowest BCUT2D eigenvalue weighted by Crippen LogP contribution is -2.55. The molecule has 2 saturated heterocycles. The maximum Gasteiger partial charge on any atom is 0.264 e. The molecule has 0 aliphatic carbocycles. The van der Waals surface area contributed by atoms with Crippen molar-refractivity contribution in [2.45, 2.75) is 38.1 Å². The maximum absolute atomic E-state index is 13.0. The van der Waals surface area contributed by atoms with Crippen LogP contribution in [0.15, 0.2) is 17.5 Å². The van der Waals surface area contributed by atoms with Crippen LogP contribution in [-0.4, -0.2) is 53.2 Å². The van der Waals surface area contributed by atoms with Gasteiger partial charge in [-0.05, 0) is 43.6 Å². The number of rotatable bonds is 3. The summed E-state index contributed by atoms with van der Waals surface area (Å²) in [5, 5.41) is 1.87. The van der Waals surface area contributed by atoms with E-state index in [1.165, 1.54) is 11.3 Å². The van der Waals surface area contributed by atoms with Crippen LogP contribution in [0.2, 0.25) is 0 Å². The van der Waals surface area contributed by atoms with Gasteiger partial charge in [0.15, 0.2) is 0 Å². The summed E-state index contributed by atoms with van der Waals surface area (Å²) in [6, 6.07) is 3.23. The molecule has 24 heavy (non-hydrogen) atoms. The number of thiophene rings is 1. The molecule has 0 saturated carbocycles. The Hall–Kier alpha value is -1.89. The van der Waals surface area contributed by atoms with Crippen molar-refractivity contribution in [1.82, 2.24) is 9.80 Å². The standard InChI is InChI=1S/C17H23N3O3S/c18-15(21)12-5-3-8-19(11-12)16(22)13-6-1-2-9-20(13)17(23)14-7-4-10-24-14/h4,7,10,12-13H,1-3,5-6,8-9,11H2,(H2,18,21). The van der Waals surface area contributed by atoms with Gasteiger partial charge in [-0.25, -0.2) is 0 Å². The minimum Gasteiger partial charge on any atom is -0.369 e. The Kier molecular flexibility index (Phi) is 5.18. The minimum absolute atomic E-state index is 0.0365. The Balaban J connectivity index is 1.74. The molecule has 6 nitrogen and oxygen atoms in total. The van der Waals surface area contributed by atoms with Gasteiger partial charge in [0, 0.05) is 19.6 Å². The molecule has 0 aromatic carbocycles. The normalized spacial score (nSPS) is 24.7. The zero-order valence-electron chi connectivity index (χ0n) is 13.6. The van der Waals surface area contributed by atoms with E-state index in [0.29, 0.717) is 30.9 Å². The first-order valence-corrected chi connectivity index (χ1v) is 9.38. The van der Waals surface area contributed by atoms with Gasteiger partial charge in [-0.3, -0.25) is 14.4 Å². The fraction of sp³-hybridized carbons (Fsp3) is 0.588. The molecule has 7 heteroatoms. The van der Waals surface area contributed by atoms with Gasteiger partial charge in [-0.15, -0.1) is 11.3 Å². The molecule has 0 radical (unpaired) electrons. The van der Waals surface area contributed by atoms with Gasteiger partial charge in [0.25, 0.3) is 5.91 Å². The molecule has 2 unspecified atom stereocenters. The average Bonchev–Trinajstić information content (AvgIpc) is 3.15. The van der Waals surface area contributed by atoms with Crippen molar-refractivity contribution in [3.05, 3.63) is 22.4 Å². The summed E-state index contributed by atoms with van der Waals surface area (Å²) in [5.74, 6) is -0.715. The van der Waals surface area contributed by atoms with Crippen LogP contribution < -0.4 is 5.73 Å². The number of nitrogens with two attached hydrogens (primary N) is 1. The fourth-order valence-electron chi connectivity index (χ4n) is 3.59. The lowest BCUT2D eigenvalue weighted by molar-refractivity contribution is -0.140. The predicted octanol–water partition coefficient (Wildman–Crippen LogP) is 1.47. The fourth-order valence-corrected chi connectivity index (χ4v) is 4.27. The molecule has 2 aliphatic heterocycles. The Morgan fingerprint density at radius 2 is 1.96 bits per heavy atom. The highest BCUT2D eigenvalue weighted by Gasteiger charge is 2.37. The van der Waals surface area contributed by atoms with Crippen LogP contribution in [0.4, 0.5) is 0 Å². The molecule has 3 rings (SSSR count). The molecule has 3 heterocycles. The first kappa shape index (κ1) is 17.0. The van der Waals surface area contributed by atoms with Crippen LogP contribution in [0.1, 0.15) is 41.8 Å². The third kappa shape index (κ3) is 3.45. The number of piperidine rings is 2. The van der Waals surface area contributed by atoms with E-state index in [0.717, 1.165) is 25.7 Å². The number of likely N-dealkylation sites (tertiary alicyclic amines) is 2. The SMILES string of the molecule is NC(=O)C1CCCN(C(=O)C2CCCCN2C(=O)c2cccs2)C1. The predicted molar refractivity (Wildman–Crippen MR) is 91.5 cm³/mol. The van der Waals surface area contributed by atoms with E-state index in [1.807, 2.05) is 11.4 Å². The summed E-state index contributed by atoms with van der Waals surface area (Å²) in [4.78, 5) is 41.3. The molecule has 2 atom stereocenters. The van der Waals surface area contributed by atoms with Crippen LogP contribution in [0.5, 0.6) is 0 Å². The Morgan fingerprint density at radius 3 is 2.67 bits per heavy atom. The second-order valence-corrected chi connectivity index (χ2v) is 7.46. The number of nitrogens with zero attached hydrogens (tertiary/aromatic N) is 2. The minimum atomic E-state index is -0.417. The van der Waals surface area contributed by atoms with Crippen LogP contribution in [-0.2, 0) is 9.59 Å². The Morgan fingerprint density at radius 1 is 1.12 bits per heavy atom. The molecule has 1 aromatic heterocycles. The van der Waals surface area contributed by atoms with Crippen molar-refractivity contribution in [3.63, 3.8) is 0 Å². The lowest BCUT2D eigenvalue weighted by atomic mass is 9.95. The molecule has 3 amide bonds. The van der Waals surface area contributed by atoms with E-state index >= 15 is 0 Å². The molecule has 0 bridgehead atoms. The molecule has 0 spiro atoms. The molecule has 1 aromatic rings. The first-order chi connectivity index (χ1) is 11.6. The zero-order valence-corrected chi connectivity index (χ0v) is 14.5. The smallest absolute Gasteiger partial charge is 0.264 e. The maximum atomic E-state index is 13.0. The average molecular weight is 349 g/mol. The van der Waals surface area contributed by atoms with Crippen molar-refractivity contribution in [2.24, 2.45) is 11.7 Å². The molecule has 130 valence electrons. The summed E-state index contributed by atoms with van der Waals surface area (Å²) in [6.07, 6.45) is 4.07. The number of hydrogen-bond donors (Lipinski definition) is 1. The second-order valence-electron chi connectivity index (χ2n) is 6.51. The summed E-state index contributed by atoms with van der Waals surface area (Å²) < 4.78 is 0. The highest BCUT2D eigenvalue weighted by Crippen LogP contribution is 2.25. The summed E-state index contributed by atoms with van der Waals surface area (Å²) >= 11 is 1.40. The van der Waals surface area contributed by atoms with E-state index in [-0.39, 0.29) is 23.6 Å². The number of primary amides is 1. The lowest BCUT2D eigenvalue weighted by Gasteiger charge is -2.39. The van der Waals surface area contributed by atoms with E-state index in [4.69, 9.17) is 5.73 Å². The van der Waals surface area contributed by atoms with Gasteiger partial charge < -0.3 is 15.5 Å². The quantitative estimate of drug-likeness (QED) is 0.897. The summed E-state index contributed by atoms with van der Waals surface area (Å²) in [7, 11) is 0. The molecular weight excluding hydrogens is 326 g/mol. The number of carbonyl (C=O) groups excluding carboxylic acids is 3.